The zero-order valence-electron chi connectivity index (χ0n) is 1.80. The summed E-state index contributed by atoms with van der Waals surface area (Å²) in [6.45, 7) is 0. The first-order valence-corrected chi connectivity index (χ1v) is 0. The van der Waals surface area contributed by atoms with Crippen LogP contribution in [0.25, 0.3) is 0 Å². The molecule has 0 bridgehead atoms. The van der Waals surface area contributed by atoms with Crippen LogP contribution >= 0.6 is 0 Å². The first-order valence-electron chi connectivity index (χ1n) is 0. The molecule has 0 spiro atoms. The molecule has 3 radical (unpaired) electrons. The van der Waals surface area contributed by atoms with E-state index in [0.29, 0.717) is 0 Å². The molecule has 27 valence electrons. The van der Waals surface area contributed by atoms with E-state index in [4.69, 9.17) is 0 Å². The van der Waals surface area contributed by atoms with Gasteiger partial charge in [-0.05, 0) is 0 Å². The van der Waals surface area contributed by atoms with Gasteiger partial charge >= 0.3 is 17.1 Å². The van der Waals surface area contributed by atoms with Gasteiger partial charge in [0.1, 0.15) is 0 Å². The Kier molecular flexibility index (Phi) is 266. The molecule has 0 nitrogen and oxygen atoms in total. The molecule has 0 aliphatic heterocycles. The summed E-state index contributed by atoms with van der Waals surface area (Å²) in [6, 6.07) is 0. The van der Waals surface area contributed by atoms with Gasteiger partial charge in [-0.15, -0.1) is 0 Å². The molecular weight excluding hydrogens is 200 g/mol. The molecule has 0 aliphatic rings. The molecule has 0 aromatic rings. The van der Waals surface area contributed by atoms with Gasteiger partial charge in [-0.3, -0.25) is 0 Å². The molecule has 0 rings (SSSR count). The van der Waals surface area contributed by atoms with Crippen LogP contribution in [0.2, 0.25) is 0 Å². The summed E-state index contributed by atoms with van der Waals surface area (Å²) in [5, 5.41) is 0. The van der Waals surface area contributed by atoms with Crippen LogP contribution in [0, 0.1) is 0 Å². The molecular formula is H2BCrNiSe. The zero-order valence-corrected chi connectivity index (χ0v) is 6.16. The Morgan fingerprint density at radius 3 is 1.00 bits per heavy atom. The van der Waals surface area contributed by atoms with Crippen LogP contribution in [0.3, 0.4) is 0 Å². The Morgan fingerprint density at radius 2 is 1.00 bits per heavy atom. The fourth-order valence-corrected chi connectivity index (χ4v) is 0. The normalized spacial score (nSPS) is 0. The van der Waals surface area contributed by atoms with Crippen molar-refractivity contribution in [3.8, 4) is 0 Å². The second-order valence-corrected chi connectivity index (χ2v) is 0. The Hall–Kier alpha value is 1.61. The van der Waals surface area contributed by atoms with Crippen molar-refractivity contribution < 1.29 is 33.9 Å². The molecule has 0 unspecified atom stereocenters. The van der Waals surface area contributed by atoms with Gasteiger partial charge in [0.2, 0.25) is 0 Å². The number of hydrogen-bond donors (Lipinski definition) is 0. The summed E-state index contributed by atoms with van der Waals surface area (Å²) >= 11 is 0. The molecule has 0 aliphatic carbocycles. The van der Waals surface area contributed by atoms with Crippen LogP contribution < -0.4 is 0 Å². The van der Waals surface area contributed by atoms with Crippen molar-refractivity contribution >= 4 is 25.5 Å². The second-order valence-electron chi connectivity index (χ2n) is 0. The van der Waals surface area contributed by atoms with E-state index < -0.39 is 0 Å². The minimum absolute atomic E-state index is 0. The van der Waals surface area contributed by atoms with Gasteiger partial charge in [-0.25, -0.2) is 0 Å². The summed E-state index contributed by atoms with van der Waals surface area (Å²) in [7, 11) is 0. The summed E-state index contributed by atoms with van der Waals surface area (Å²) in [4.78, 5) is 0. The van der Waals surface area contributed by atoms with Crippen LogP contribution in [0.15, 0.2) is 0 Å². The van der Waals surface area contributed by atoms with Crippen LogP contribution in [0.4, 0.5) is 0 Å². The molecule has 0 aromatic carbocycles. The van der Waals surface area contributed by atoms with Gasteiger partial charge < -0.3 is 0 Å². The average molecular weight is 202 g/mol. The zero-order chi connectivity index (χ0) is 0. The van der Waals surface area contributed by atoms with Crippen LogP contribution in [-0.4, -0.2) is 25.5 Å². The summed E-state index contributed by atoms with van der Waals surface area (Å²) < 4.78 is 0. The SMILES string of the molecule is [B].[Cr].[Ni].[SeH2]. The van der Waals surface area contributed by atoms with Crippen molar-refractivity contribution in [3.05, 3.63) is 0 Å². The fraction of sp³-hybridized carbons (Fsp3) is 0. The Balaban J connectivity index is 0. The Morgan fingerprint density at radius 1 is 1.00 bits per heavy atom. The predicted octanol–water partition coefficient (Wildman–Crippen LogP) is -1.30. The van der Waals surface area contributed by atoms with E-state index in [1.54, 1.807) is 0 Å². The van der Waals surface area contributed by atoms with Gasteiger partial charge in [-0.2, -0.15) is 0 Å². The van der Waals surface area contributed by atoms with E-state index in [9.17, 15) is 0 Å². The van der Waals surface area contributed by atoms with Crippen molar-refractivity contribution in [1.29, 1.82) is 0 Å². The maximum absolute atomic E-state index is 0. The van der Waals surface area contributed by atoms with E-state index in [1.165, 1.54) is 0 Å². The predicted molar refractivity (Wildman–Crippen MR) is 14.3 cm³/mol. The van der Waals surface area contributed by atoms with E-state index in [2.05, 4.69) is 0 Å². The van der Waals surface area contributed by atoms with E-state index in [0.717, 1.165) is 0 Å². The van der Waals surface area contributed by atoms with Crippen molar-refractivity contribution in [2.45, 2.75) is 0 Å². The van der Waals surface area contributed by atoms with Gasteiger partial charge in [-0.1, -0.05) is 0 Å². The molecule has 0 amide bonds. The van der Waals surface area contributed by atoms with E-state index in [1.807, 2.05) is 0 Å². The topological polar surface area (TPSA) is 0 Å². The van der Waals surface area contributed by atoms with Crippen LogP contribution in [-0.2, 0) is 33.9 Å². The van der Waals surface area contributed by atoms with Crippen LogP contribution in [0.5, 0.6) is 0 Å². The molecule has 4 heavy (non-hydrogen) atoms. The third-order valence-corrected chi connectivity index (χ3v) is 0. The van der Waals surface area contributed by atoms with Crippen molar-refractivity contribution in [2.75, 3.05) is 0 Å². The summed E-state index contributed by atoms with van der Waals surface area (Å²) in [5.74, 6) is 0. The molecule has 0 N–H and O–H groups in total. The molecule has 0 saturated heterocycles. The first kappa shape index (κ1) is 46.0. The molecule has 0 atom stereocenters. The molecule has 0 saturated carbocycles. The van der Waals surface area contributed by atoms with Crippen molar-refractivity contribution in [2.24, 2.45) is 0 Å². The molecule has 0 heterocycles. The quantitative estimate of drug-likeness (QED) is 0.428. The number of rotatable bonds is 0. The van der Waals surface area contributed by atoms with Crippen molar-refractivity contribution in [1.82, 2.24) is 0 Å². The van der Waals surface area contributed by atoms with Crippen LogP contribution in [0.1, 0.15) is 0 Å². The molecule has 0 aromatic heterocycles. The van der Waals surface area contributed by atoms with Gasteiger partial charge in [0, 0.05) is 42.3 Å². The summed E-state index contributed by atoms with van der Waals surface area (Å²) in [6.07, 6.45) is 0. The van der Waals surface area contributed by atoms with Gasteiger partial charge in [0.15, 0.2) is 0 Å². The second kappa shape index (κ2) is 23.2. The fourth-order valence-electron chi connectivity index (χ4n) is 0. The summed E-state index contributed by atoms with van der Waals surface area (Å²) in [5.41, 5.74) is 0. The molecule has 4 heteroatoms. The first-order chi connectivity index (χ1) is 0. The van der Waals surface area contributed by atoms with Gasteiger partial charge in [0.05, 0.1) is 0 Å². The Labute approximate surface area is 59.2 Å². The monoisotopic (exact) mass is 203 g/mol. The molecule has 0 fully saturated rings. The van der Waals surface area contributed by atoms with Gasteiger partial charge in [0.25, 0.3) is 0 Å². The number of hydrogen-bond acceptors (Lipinski definition) is 0. The van der Waals surface area contributed by atoms with E-state index >= 15 is 0 Å². The van der Waals surface area contributed by atoms with E-state index in [-0.39, 0.29) is 59.3 Å². The maximum atomic E-state index is 0. The Bertz CT molecular complexity index is 8.00. The standard InChI is InChI=1S/B.Cr.Ni.H2Se/h;;;1H2. The third kappa shape index (κ3) is 9.49. The minimum atomic E-state index is 0. The third-order valence-electron chi connectivity index (χ3n) is 0. The van der Waals surface area contributed by atoms with Crippen molar-refractivity contribution in [3.63, 3.8) is 0 Å². The average Bonchev–Trinajstić information content (AvgIpc) is 0.